The minimum absolute atomic E-state index is 0.187. The molecular formula is C15H23N3O3S. The number of ether oxygens (including phenoxy) is 2. The number of amides is 1. The first-order chi connectivity index (χ1) is 10.1. The number of carbonyl (C=O) groups is 1. The van der Waals surface area contributed by atoms with Crippen LogP contribution in [-0.4, -0.2) is 40.0 Å². The lowest BCUT2D eigenvalue weighted by molar-refractivity contribution is -0.0610. The summed E-state index contributed by atoms with van der Waals surface area (Å²) in [5.74, 6) is 0. The zero-order chi connectivity index (χ0) is 16.5. The highest BCUT2D eigenvalue weighted by atomic mass is 32.1. The van der Waals surface area contributed by atoms with Crippen LogP contribution >= 0.6 is 11.3 Å². The summed E-state index contributed by atoms with van der Waals surface area (Å²) < 4.78 is 11.2. The van der Waals surface area contributed by atoms with Gasteiger partial charge >= 0.3 is 6.09 Å². The summed E-state index contributed by atoms with van der Waals surface area (Å²) >= 11 is 1.39. The maximum Gasteiger partial charge on any atom is 0.413 e. The summed E-state index contributed by atoms with van der Waals surface area (Å²) in [5, 5.41) is 0.520. The molecule has 7 heteroatoms. The van der Waals surface area contributed by atoms with Crippen molar-refractivity contribution < 1.29 is 14.3 Å². The zero-order valence-corrected chi connectivity index (χ0v) is 14.4. The van der Waals surface area contributed by atoms with Crippen molar-refractivity contribution >= 4 is 28.6 Å². The predicted octanol–water partition coefficient (Wildman–Crippen LogP) is 3.11. The molecule has 1 amide bonds. The van der Waals surface area contributed by atoms with E-state index in [1.165, 1.54) is 11.3 Å². The standard InChI is InChI=1S/C15H23N3O3S/c1-14(2,3)21-13(19)18-10(9-20-15(18,4)5)6-7-11-8-17-12(16)22-11/h6-8,10H,9H2,1-5H3,(H2,16,17). The Morgan fingerprint density at radius 2 is 2.27 bits per heavy atom. The average Bonchev–Trinajstić information content (AvgIpc) is 2.87. The van der Waals surface area contributed by atoms with Crippen LogP contribution in [0.4, 0.5) is 9.93 Å². The molecule has 0 aliphatic carbocycles. The Bertz CT molecular complexity index is 575. The summed E-state index contributed by atoms with van der Waals surface area (Å²) in [6.07, 6.45) is 5.15. The van der Waals surface area contributed by atoms with Gasteiger partial charge in [0.25, 0.3) is 0 Å². The third-order valence-electron chi connectivity index (χ3n) is 3.13. The lowest BCUT2D eigenvalue weighted by Crippen LogP contribution is -2.49. The minimum Gasteiger partial charge on any atom is -0.444 e. The predicted molar refractivity (Wildman–Crippen MR) is 87.5 cm³/mol. The van der Waals surface area contributed by atoms with E-state index in [0.29, 0.717) is 11.7 Å². The van der Waals surface area contributed by atoms with Crippen LogP contribution in [0.1, 0.15) is 39.5 Å². The number of anilines is 1. The van der Waals surface area contributed by atoms with Gasteiger partial charge < -0.3 is 15.2 Å². The van der Waals surface area contributed by atoms with E-state index >= 15 is 0 Å². The number of nitrogen functional groups attached to an aromatic ring is 1. The van der Waals surface area contributed by atoms with E-state index in [9.17, 15) is 4.79 Å². The van der Waals surface area contributed by atoms with Crippen molar-refractivity contribution in [3.63, 3.8) is 0 Å². The third-order valence-corrected chi connectivity index (χ3v) is 3.93. The fourth-order valence-electron chi connectivity index (χ4n) is 2.22. The number of hydrogen-bond acceptors (Lipinski definition) is 6. The van der Waals surface area contributed by atoms with Crippen LogP contribution in [0, 0.1) is 0 Å². The van der Waals surface area contributed by atoms with E-state index in [1.807, 2.05) is 46.8 Å². The van der Waals surface area contributed by atoms with Crippen molar-refractivity contribution in [2.75, 3.05) is 12.3 Å². The number of nitrogens with zero attached hydrogens (tertiary/aromatic N) is 2. The Kier molecular flexibility index (Phi) is 4.49. The normalized spacial score (nSPS) is 21.5. The van der Waals surface area contributed by atoms with E-state index < -0.39 is 11.3 Å². The van der Waals surface area contributed by atoms with Gasteiger partial charge in [-0.1, -0.05) is 17.4 Å². The zero-order valence-electron chi connectivity index (χ0n) is 13.6. The molecule has 0 bridgehead atoms. The van der Waals surface area contributed by atoms with Crippen molar-refractivity contribution in [2.24, 2.45) is 0 Å². The molecule has 1 fully saturated rings. The molecule has 6 nitrogen and oxygen atoms in total. The molecule has 1 aliphatic heterocycles. The largest absolute Gasteiger partial charge is 0.444 e. The Morgan fingerprint density at radius 1 is 1.59 bits per heavy atom. The van der Waals surface area contributed by atoms with Gasteiger partial charge in [0, 0.05) is 11.1 Å². The maximum atomic E-state index is 12.5. The van der Waals surface area contributed by atoms with Gasteiger partial charge in [0.05, 0.1) is 12.6 Å². The van der Waals surface area contributed by atoms with E-state index in [1.54, 1.807) is 11.1 Å². The van der Waals surface area contributed by atoms with Crippen molar-refractivity contribution in [3.05, 3.63) is 17.2 Å². The number of thiazole rings is 1. The molecule has 2 rings (SSSR count). The van der Waals surface area contributed by atoms with Crippen LogP contribution < -0.4 is 5.73 Å². The van der Waals surface area contributed by atoms with Gasteiger partial charge in [0.2, 0.25) is 0 Å². The Hall–Kier alpha value is -1.60. The van der Waals surface area contributed by atoms with E-state index in [-0.39, 0.29) is 12.1 Å². The van der Waals surface area contributed by atoms with Crippen LogP contribution in [0.2, 0.25) is 0 Å². The van der Waals surface area contributed by atoms with Gasteiger partial charge in [-0.2, -0.15) is 0 Å². The van der Waals surface area contributed by atoms with Gasteiger partial charge in [-0.3, -0.25) is 4.90 Å². The summed E-state index contributed by atoms with van der Waals surface area (Å²) in [6, 6.07) is -0.187. The molecular weight excluding hydrogens is 302 g/mol. The van der Waals surface area contributed by atoms with Gasteiger partial charge in [0.1, 0.15) is 11.3 Å². The molecule has 2 heterocycles. The van der Waals surface area contributed by atoms with Gasteiger partial charge in [-0.25, -0.2) is 9.78 Å². The maximum absolute atomic E-state index is 12.5. The number of nitrogens with two attached hydrogens (primary N) is 1. The summed E-state index contributed by atoms with van der Waals surface area (Å²) in [5.41, 5.74) is 4.36. The molecule has 1 saturated heterocycles. The highest BCUT2D eigenvalue weighted by Gasteiger charge is 2.44. The molecule has 0 spiro atoms. The summed E-state index contributed by atoms with van der Waals surface area (Å²) in [4.78, 5) is 19.0. The molecule has 122 valence electrons. The van der Waals surface area contributed by atoms with Crippen molar-refractivity contribution in [1.29, 1.82) is 0 Å². The lowest BCUT2D eigenvalue weighted by Gasteiger charge is -2.34. The fourth-order valence-corrected chi connectivity index (χ4v) is 2.82. The van der Waals surface area contributed by atoms with Gasteiger partial charge in [0.15, 0.2) is 5.13 Å². The first-order valence-corrected chi connectivity index (χ1v) is 7.96. The number of hydrogen-bond donors (Lipinski definition) is 1. The molecule has 0 saturated carbocycles. The van der Waals surface area contributed by atoms with E-state index in [0.717, 1.165) is 4.88 Å². The molecule has 1 aliphatic rings. The SMILES string of the molecule is CC(C)(C)OC(=O)N1C(C=Cc2cnc(N)s2)COC1(C)C. The van der Waals surface area contributed by atoms with Gasteiger partial charge in [-0.15, -0.1) is 0 Å². The van der Waals surface area contributed by atoms with Crippen LogP contribution in [0.25, 0.3) is 6.08 Å². The molecule has 1 aromatic rings. The number of aromatic nitrogens is 1. The van der Waals surface area contributed by atoms with Crippen molar-refractivity contribution in [2.45, 2.75) is 52.0 Å². The highest BCUT2D eigenvalue weighted by molar-refractivity contribution is 7.16. The topological polar surface area (TPSA) is 77.7 Å². The van der Waals surface area contributed by atoms with Crippen LogP contribution in [-0.2, 0) is 9.47 Å². The number of carbonyl (C=O) groups excluding carboxylic acids is 1. The van der Waals surface area contributed by atoms with Crippen molar-refractivity contribution in [3.8, 4) is 0 Å². The Balaban J connectivity index is 2.16. The highest BCUT2D eigenvalue weighted by Crippen LogP contribution is 2.30. The van der Waals surface area contributed by atoms with Crippen molar-refractivity contribution in [1.82, 2.24) is 9.88 Å². The second kappa shape index (κ2) is 5.89. The monoisotopic (exact) mass is 325 g/mol. The third kappa shape index (κ3) is 3.98. The first kappa shape index (κ1) is 16.8. The minimum atomic E-state index is -0.704. The smallest absolute Gasteiger partial charge is 0.413 e. The summed E-state index contributed by atoms with van der Waals surface area (Å²) in [7, 11) is 0. The van der Waals surface area contributed by atoms with E-state index in [4.69, 9.17) is 15.2 Å². The van der Waals surface area contributed by atoms with Crippen LogP contribution in [0.3, 0.4) is 0 Å². The van der Waals surface area contributed by atoms with E-state index in [2.05, 4.69) is 4.98 Å². The molecule has 1 aromatic heterocycles. The number of rotatable bonds is 2. The average molecular weight is 325 g/mol. The molecule has 22 heavy (non-hydrogen) atoms. The lowest BCUT2D eigenvalue weighted by atomic mass is 10.2. The molecule has 0 radical (unpaired) electrons. The molecule has 1 unspecified atom stereocenters. The molecule has 1 atom stereocenters. The quantitative estimate of drug-likeness (QED) is 0.904. The fraction of sp³-hybridized carbons (Fsp3) is 0.600. The van der Waals surface area contributed by atoms with Crippen LogP contribution in [0.15, 0.2) is 12.3 Å². The Morgan fingerprint density at radius 3 is 2.82 bits per heavy atom. The second-order valence-electron chi connectivity index (χ2n) is 6.64. The van der Waals surface area contributed by atoms with Gasteiger partial charge in [-0.05, 0) is 40.7 Å². The first-order valence-electron chi connectivity index (χ1n) is 7.14. The molecule has 2 N–H and O–H groups in total. The second-order valence-corrected chi connectivity index (χ2v) is 7.73. The Labute approximate surface area is 134 Å². The summed E-state index contributed by atoms with van der Waals surface area (Å²) in [6.45, 7) is 9.68. The van der Waals surface area contributed by atoms with Crippen LogP contribution in [0.5, 0.6) is 0 Å². The molecule has 0 aromatic carbocycles.